The Morgan fingerprint density at radius 1 is 1.07 bits per heavy atom. The van der Waals surface area contributed by atoms with E-state index in [-0.39, 0.29) is 56.6 Å². The third-order valence-electron chi connectivity index (χ3n) is 4.47. The molecule has 1 aromatic carbocycles. The lowest BCUT2D eigenvalue weighted by molar-refractivity contribution is -0.132. The van der Waals surface area contributed by atoms with Crippen molar-refractivity contribution >= 4 is 22.0 Å². The Hall–Kier alpha value is -2.53. The second-order valence-electron chi connectivity index (χ2n) is 6.20. The minimum absolute atomic E-state index is 0.105. The summed E-state index contributed by atoms with van der Waals surface area (Å²) in [5.41, 5.74) is 0. The molecule has 10 nitrogen and oxygen atoms in total. The van der Waals surface area contributed by atoms with Crippen molar-refractivity contribution in [2.24, 2.45) is 0 Å². The number of rotatable bonds is 8. The highest BCUT2D eigenvalue weighted by Crippen LogP contribution is 2.30. The van der Waals surface area contributed by atoms with Crippen molar-refractivity contribution in [3.05, 3.63) is 18.2 Å². The molecule has 0 radical (unpaired) electrons. The van der Waals surface area contributed by atoms with Crippen molar-refractivity contribution in [1.29, 1.82) is 0 Å². The van der Waals surface area contributed by atoms with Crippen LogP contribution >= 0.6 is 0 Å². The predicted molar refractivity (Wildman–Crippen MR) is 105 cm³/mol. The van der Waals surface area contributed by atoms with Gasteiger partial charge in [-0.3, -0.25) is 4.79 Å². The molecule has 0 aromatic heterocycles. The quantitative estimate of drug-likeness (QED) is 0.646. The van der Waals surface area contributed by atoms with Gasteiger partial charge in [0.2, 0.25) is 15.9 Å². The average molecular weight is 429 g/mol. The number of methoxy groups -OCH3 is 2. The molecule has 0 aliphatic carbocycles. The van der Waals surface area contributed by atoms with Gasteiger partial charge in [-0.05, 0) is 19.1 Å². The van der Waals surface area contributed by atoms with Crippen molar-refractivity contribution in [3.63, 3.8) is 0 Å². The molecule has 1 fully saturated rings. The van der Waals surface area contributed by atoms with Gasteiger partial charge >= 0.3 is 6.09 Å². The minimum atomic E-state index is -3.72. The van der Waals surface area contributed by atoms with Crippen LogP contribution in [-0.4, -0.2) is 83.2 Å². The van der Waals surface area contributed by atoms with E-state index >= 15 is 0 Å². The van der Waals surface area contributed by atoms with Gasteiger partial charge in [0.25, 0.3) is 0 Å². The summed E-state index contributed by atoms with van der Waals surface area (Å²) in [6.45, 7) is 3.06. The molecule has 2 rings (SSSR count). The summed E-state index contributed by atoms with van der Waals surface area (Å²) in [4.78, 5) is 25.2. The van der Waals surface area contributed by atoms with Gasteiger partial charge in [0.15, 0.2) is 11.5 Å². The number of ether oxygens (including phenoxy) is 3. The molecule has 1 aliphatic rings. The fourth-order valence-corrected chi connectivity index (χ4v) is 4.35. The lowest BCUT2D eigenvalue weighted by Gasteiger charge is -2.34. The van der Waals surface area contributed by atoms with Crippen molar-refractivity contribution in [2.75, 3.05) is 53.6 Å². The van der Waals surface area contributed by atoms with Crippen LogP contribution in [0, 0.1) is 0 Å². The summed E-state index contributed by atoms with van der Waals surface area (Å²) in [6.07, 6.45) is -0.438. The Balaban J connectivity index is 1.92. The SMILES string of the molecule is CCOC(=O)NCCC(=O)N1CCN(S(=O)(=O)c2ccc(OC)c(OC)c2)CC1. The van der Waals surface area contributed by atoms with Gasteiger partial charge in [-0.15, -0.1) is 0 Å². The van der Waals surface area contributed by atoms with Crippen LogP contribution in [0.3, 0.4) is 0 Å². The molecule has 1 aromatic rings. The second kappa shape index (κ2) is 10.3. The molecule has 1 aliphatic heterocycles. The number of carbonyl (C=O) groups is 2. The Morgan fingerprint density at radius 3 is 2.31 bits per heavy atom. The Bertz CT molecular complexity index is 821. The van der Waals surface area contributed by atoms with Crippen LogP contribution in [-0.2, 0) is 19.6 Å². The average Bonchev–Trinajstić information content (AvgIpc) is 2.73. The molecule has 162 valence electrons. The molecule has 11 heteroatoms. The van der Waals surface area contributed by atoms with E-state index in [4.69, 9.17) is 14.2 Å². The largest absolute Gasteiger partial charge is 0.493 e. The first-order chi connectivity index (χ1) is 13.8. The van der Waals surface area contributed by atoms with Crippen molar-refractivity contribution in [1.82, 2.24) is 14.5 Å². The molecule has 0 bridgehead atoms. The van der Waals surface area contributed by atoms with E-state index < -0.39 is 16.1 Å². The third kappa shape index (κ3) is 5.73. The molecular formula is C18H27N3O7S. The molecular weight excluding hydrogens is 402 g/mol. The Morgan fingerprint density at radius 2 is 1.72 bits per heavy atom. The number of carbonyl (C=O) groups excluding carboxylic acids is 2. The fourth-order valence-electron chi connectivity index (χ4n) is 2.92. The van der Waals surface area contributed by atoms with E-state index in [0.717, 1.165) is 0 Å². The van der Waals surface area contributed by atoms with Crippen molar-refractivity contribution < 1.29 is 32.2 Å². The van der Waals surface area contributed by atoms with Crippen LogP contribution in [0.15, 0.2) is 23.1 Å². The number of hydrogen-bond acceptors (Lipinski definition) is 7. The lowest BCUT2D eigenvalue weighted by atomic mass is 10.3. The first-order valence-electron chi connectivity index (χ1n) is 9.24. The van der Waals surface area contributed by atoms with E-state index in [2.05, 4.69) is 5.32 Å². The highest BCUT2D eigenvalue weighted by atomic mass is 32.2. The summed E-state index contributed by atoms with van der Waals surface area (Å²) in [5, 5.41) is 2.49. The van der Waals surface area contributed by atoms with Crippen LogP contribution in [0.2, 0.25) is 0 Å². The van der Waals surface area contributed by atoms with E-state index in [1.165, 1.54) is 30.7 Å². The summed E-state index contributed by atoms with van der Waals surface area (Å²) in [6, 6.07) is 4.43. The number of nitrogens with zero attached hydrogens (tertiary/aromatic N) is 2. The third-order valence-corrected chi connectivity index (χ3v) is 6.36. The maximum absolute atomic E-state index is 12.9. The van der Waals surface area contributed by atoms with Crippen LogP contribution in [0.25, 0.3) is 0 Å². The number of sulfonamides is 1. The van der Waals surface area contributed by atoms with Crippen molar-refractivity contribution in [3.8, 4) is 11.5 Å². The van der Waals surface area contributed by atoms with Crippen LogP contribution in [0.4, 0.5) is 4.79 Å². The molecule has 0 saturated carbocycles. The zero-order chi connectivity index (χ0) is 21.4. The van der Waals surface area contributed by atoms with E-state index in [1.54, 1.807) is 17.9 Å². The highest BCUT2D eigenvalue weighted by Gasteiger charge is 2.30. The molecule has 0 unspecified atom stereocenters. The van der Waals surface area contributed by atoms with Gasteiger partial charge in [0.1, 0.15) is 0 Å². The second-order valence-corrected chi connectivity index (χ2v) is 8.14. The minimum Gasteiger partial charge on any atom is -0.493 e. The predicted octanol–water partition coefficient (Wildman–Crippen LogP) is 0.673. The van der Waals surface area contributed by atoms with E-state index in [1.807, 2.05) is 0 Å². The first-order valence-corrected chi connectivity index (χ1v) is 10.7. The lowest BCUT2D eigenvalue weighted by Crippen LogP contribution is -2.50. The fraction of sp³-hybridized carbons (Fsp3) is 0.556. The maximum atomic E-state index is 12.9. The normalized spacial score (nSPS) is 14.9. The summed E-state index contributed by atoms with van der Waals surface area (Å²) >= 11 is 0. The number of amides is 2. The van der Waals surface area contributed by atoms with Gasteiger partial charge in [0.05, 0.1) is 25.7 Å². The molecule has 2 amide bonds. The summed E-state index contributed by atoms with van der Waals surface area (Å²) in [7, 11) is -0.800. The van der Waals surface area contributed by atoms with Gasteiger partial charge in [0, 0.05) is 45.2 Å². The Kier molecular flexibility index (Phi) is 8.09. The number of nitrogens with one attached hydrogen (secondary N) is 1. The van der Waals surface area contributed by atoms with Gasteiger partial charge in [-0.1, -0.05) is 0 Å². The van der Waals surface area contributed by atoms with Crippen LogP contribution < -0.4 is 14.8 Å². The standard InChI is InChI=1S/C18H27N3O7S/c1-4-28-18(23)19-8-7-17(22)20-9-11-21(12-10-20)29(24,25)14-5-6-15(26-2)16(13-14)27-3/h5-6,13H,4,7-12H2,1-3H3,(H,19,23). The van der Waals surface area contributed by atoms with Crippen LogP contribution in [0.1, 0.15) is 13.3 Å². The summed E-state index contributed by atoms with van der Waals surface area (Å²) in [5.74, 6) is 0.625. The Labute approximate surface area is 170 Å². The number of benzene rings is 1. The van der Waals surface area contributed by atoms with Gasteiger partial charge < -0.3 is 24.4 Å². The van der Waals surface area contributed by atoms with Crippen LogP contribution in [0.5, 0.6) is 11.5 Å². The van der Waals surface area contributed by atoms with E-state index in [9.17, 15) is 18.0 Å². The molecule has 1 N–H and O–H groups in total. The molecule has 0 spiro atoms. The molecule has 0 atom stereocenters. The molecule has 1 heterocycles. The summed E-state index contributed by atoms with van der Waals surface area (Å²) < 4.78 is 42.2. The van der Waals surface area contributed by atoms with Crippen molar-refractivity contribution in [2.45, 2.75) is 18.2 Å². The zero-order valence-electron chi connectivity index (χ0n) is 16.8. The number of alkyl carbamates (subject to hydrolysis) is 1. The number of piperazine rings is 1. The highest BCUT2D eigenvalue weighted by molar-refractivity contribution is 7.89. The monoisotopic (exact) mass is 429 g/mol. The molecule has 1 saturated heterocycles. The van der Waals surface area contributed by atoms with Gasteiger partial charge in [-0.25, -0.2) is 13.2 Å². The topological polar surface area (TPSA) is 114 Å². The maximum Gasteiger partial charge on any atom is 0.407 e. The first kappa shape index (κ1) is 22.8. The smallest absolute Gasteiger partial charge is 0.407 e. The molecule has 29 heavy (non-hydrogen) atoms. The zero-order valence-corrected chi connectivity index (χ0v) is 17.7. The van der Waals surface area contributed by atoms with E-state index in [0.29, 0.717) is 11.5 Å². The van der Waals surface area contributed by atoms with Gasteiger partial charge in [-0.2, -0.15) is 4.31 Å². The number of hydrogen-bond donors (Lipinski definition) is 1.